The van der Waals surface area contributed by atoms with Crippen LogP contribution in [0.3, 0.4) is 0 Å². The fraction of sp³-hybridized carbons (Fsp3) is 0.714. The molecule has 0 aromatic heterocycles. The summed E-state index contributed by atoms with van der Waals surface area (Å²) in [7, 11) is 1.78. The van der Waals surface area contributed by atoms with Crippen LogP contribution in [-0.2, 0) is 9.47 Å². The van der Waals surface area contributed by atoms with E-state index in [1.165, 1.54) is 11.1 Å². The van der Waals surface area contributed by atoms with Crippen molar-refractivity contribution in [2.24, 2.45) is 5.41 Å². The summed E-state index contributed by atoms with van der Waals surface area (Å²) in [5, 5.41) is 0. The van der Waals surface area contributed by atoms with Gasteiger partial charge in [-0.05, 0) is 33.6 Å². The van der Waals surface area contributed by atoms with E-state index in [4.69, 9.17) is 9.47 Å². The fourth-order valence-electron chi connectivity index (χ4n) is 2.16. The monoisotopic (exact) mass is 224 g/mol. The van der Waals surface area contributed by atoms with Crippen molar-refractivity contribution in [2.75, 3.05) is 26.9 Å². The lowest BCUT2D eigenvalue weighted by atomic mass is 9.75. The Hall–Kier alpha value is -0.600. The molecule has 0 N–H and O–H groups in total. The Morgan fingerprint density at radius 2 is 1.81 bits per heavy atom. The molecule has 2 heteroatoms. The molecule has 0 radical (unpaired) electrons. The van der Waals surface area contributed by atoms with Gasteiger partial charge in [-0.3, -0.25) is 0 Å². The molecule has 0 amide bonds. The second-order valence-corrected chi connectivity index (χ2v) is 4.92. The number of rotatable bonds is 4. The Bertz CT molecular complexity index is 261. The lowest BCUT2D eigenvalue weighted by Gasteiger charge is -2.37. The first-order valence-electron chi connectivity index (χ1n) is 6.00. The average molecular weight is 224 g/mol. The highest BCUT2D eigenvalue weighted by atomic mass is 16.5. The molecule has 92 valence electrons. The van der Waals surface area contributed by atoms with Crippen LogP contribution in [0.15, 0.2) is 23.3 Å². The van der Waals surface area contributed by atoms with Gasteiger partial charge in [-0.2, -0.15) is 0 Å². The van der Waals surface area contributed by atoms with Crippen molar-refractivity contribution in [1.82, 2.24) is 0 Å². The first-order valence-corrected chi connectivity index (χ1v) is 6.00. The smallest absolute Gasteiger partial charge is 0.0557 e. The molecule has 1 aliphatic heterocycles. The third kappa shape index (κ3) is 3.46. The summed E-state index contributed by atoms with van der Waals surface area (Å²) in [5.74, 6) is 0. The summed E-state index contributed by atoms with van der Waals surface area (Å²) < 4.78 is 10.8. The van der Waals surface area contributed by atoms with Crippen LogP contribution in [0.25, 0.3) is 0 Å². The van der Waals surface area contributed by atoms with Crippen molar-refractivity contribution in [1.29, 1.82) is 0 Å². The van der Waals surface area contributed by atoms with Gasteiger partial charge in [0.1, 0.15) is 0 Å². The lowest BCUT2D eigenvalue weighted by Crippen LogP contribution is -2.34. The summed E-state index contributed by atoms with van der Waals surface area (Å²) in [6, 6.07) is 0. The van der Waals surface area contributed by atoms with Gasteiger partial charge in [0.15, 0.2) is 0 Å². The maximum Gasteiger partial charge on any atom is 0.0557 e. The van der Waals surface area contributed by atoms with Crippen LogP contribution in [0, 0.1) is 5.41 Å². The third-order valence-corrected chi connectivity index (χ3v) is 3.37. The van der Waals surface area contributed by atoms with Crippen LogP contribution in [-0.4, -0.2) is 26.9 Å². The Labute approximate surface area is 99.3 Å². The minimum Gasteiger partial charge on any atom is -0.384 e. The maximum atomic E-state index is 5.45. The summed E-state index contributed by atoms with van der Waals surface area (Å²) in [6.07, 6.45) is 6.56. The number of hydrogen-bond donors (Lipinski definition) is 0. The van der Waals surface area contributed by atoms with Crippen molar-refractivity contribution in [3.05, 3.63) is 23.3 Å². The molecule has 0 aromatic rings. The lowest BCUT2D eigenvalue weighted by molar-refractivity contribution is -0.00783. The summed E-state index contributed by atoms with van der Waals surface area (Å²) in [5.41, 5.74) is 2.94. The molecule has 0 unspecified atom stereocenters. The zero-order valence-electron chi connectivity index (χ0n) is 11.0. The summed E-state index contributed by atoms with van der Waals surface area (Å²) >= 11 is 0. The highest BCUT2D eigenvalue weighted by Gasteiger charge is 2.33. The fourth-order valence-corrected chi connectivity index (χ4v) is 2.16. The highest BCUT2D eigenvalue weighted by molar-refractivity contribution is 5.21. The second-order valence-electron chi connectivity index (χ2n) is 4.92. The number of allylic oxidation sites excluding steroid dienone is 3. The van der Waals surface area contributed by atoms with E-state index in [9.17, 15) is 0 Å². The van der Waals surface area contributed by atoms with Gasteiger partial charge in [-0.15, -0.1) is 0 Å². The van der Waals surface area contributed by atoms with Gasteiger partial charge in [-0.1, -0.05) is 23.3 Å². The minimum atomic E-state index is 0.193. The van der Waals surface area contributed by atoms with Gasteiger partial charge in [0.2, 0.25) is 0 Å². The van der Waals surface area contributed by atoms with E-state index >= 15 is 0 Å². The standard InChI is InChI=1S/C14H24O2/c1-12(2)5-6-13(3)14(11-15-4)7-9-16-10-8-14/h5-6H,7-11H2,1-4H3. The van der Waals surface area contributed by atoms with E-state index in [0.29, 0.717) is 0 Å². The van der Waals surface area contributed by atoms with Gasteiger partial charge in [0.05, 0.1) is 6.61 Å². The molecular formula is C14H24O2. The molecule has 1 saturated heterocycles. The van der Waals surface area contributed by atoms with Crippen LogP contribution >= 0.6 is 0 Å². The topological polar surface area (TPSA) is 18.5 Å². The predicted octanol–water partition coefficient (Wildman–Crippen LogP) is 3.34. The largest absolute Gasteiger partial charge is 0.384 e. The SMILES string of the molecule is COCC1(C(C)=CC=C(C)C)CCOCC1. The summed E-state index contributed by atoms with van der Waals surface area (Å²) in [6.45, 7) is 8.96. The zero-order chi connectivity index (χ0) is 12.0. The Balaban J connectivity index is 2.83. The van der Waals surface area contributed by atoms with E-state index in [2.05, 4.69) is 32.9 Å². The van der Waals surface area contributed by atoms with Crippen LogP contribution in [0.4, 0.5) is 0 Å². The van der Waals surface area contributed by atoms with Crippen molar-refractivity contribution in [3.8, 4) is 0 Å². The molecule has 2 nitrogen and oxygen atoms in total. The molecule has 1 aliphatic rings. The van der Waals surface area contributed by atoms with Crippen LogP contribution in [0.1, 0.15) is 33.6 Å². The van der Waals surface area contributed by atoms with Gasteiger partial charge < -0.3 is 9.47 Å². The normalized spacial score (nSPS) is 20.6. The number of methoxy groups -OCH3 is 1. The average Bonchev–Trinajstić information content (AvgIpc) is 2.27. The molecule has 0 spiro atoms. The molecule has 16 heavy (non-hydrogen) atoms. The first-order chi connectivity index (χ1) is 7.60. The van der Waals surface area contributed by atoms with Gasteiger partial charge in [-0.25, -0.2) is 0 Å². The maximum absolute atomic E-state index is 5.45. The van der Waals surface area contributed by atoms with E-state index in [-0.39, 0.29) is 5.41 Å². The predicted molar refractivity (Wildman–Crippen MR) is 67.6 cm³/mol. The van der Waals surface area contributed by atoms with E-state index in [1.54, 1.807) is 7.11 Å². The Kier molecular flexibility index (Phi) is 5.23. The van der Waals surface area contributed by atoms with Crippen LogP contribution in [0.2, 0.25) is 0 Å². The summed E-state index contributed by atoms with van der Waals surface area (Å²) in [4.78, 5) is 0. The minimum absolute atomic E-state index is 0.193. The van der Waals surface area contributed by atoms with Crippen molar-refractivity contribution < 1.29 is 9.47 Å². The van der Waals surface area contributed by atoms with Crippen molar-refractivity contribution in [2.45, 2.75) is 33.6 Å². The molecule has 0 atom stereocenters. The van der Waals surface area contributed by atoms with E-state index < -0.39 is 0 Å². The van der Waals surface area contributed by atoms with Gasteiger partial charge in [0, 0.05) is 25.7 Å². The van der Waals surface area contributed by atoms with E-state index in [0.717, 1.165) is 32.7 Å². The zero-order valence-corrected chi connectivity index (χ0v) is 11.0. The molecule has 1 heterocycles. The number of ether oxygens (including phenoxy) is 2. The Morgan fingerprint density at radius 1 is 1.19 bits per heavy atom. The second kappa shape index (κ2) is 6.21. The molecule has 0 aliphatic carbocycles. The van der Waals surface area contributed by atoms with Crippen LogP contribution in [0.5, 0.6) is 0 Å². The third-order valence-electron chi connectivity index (χ3n) is 3.37. The molecule has 1 fully saturated rings. The van der Waals surface area contributed by atoms with Crippen molar-refractivity contribution in [3.63, 3.8) is 0 Å². The highest BCUT2D eigenvalue weighted by Crippen LogP contribution is 2.38. The van der Waals surface area contributed by atoms with Crippen molar-refractivity contribution >= 4 is 0 Å². The molecular weight excluding hydrogens is 200 g/mol. The van der Waals surface area contributed by atoms with Gasteiger partial charge in [0.25, 0.3) is 0 Å². The molecule has 1 rings (SSSR count). The van der Waals surface area contributed by atoms with Gasteiger partial charge >= 0.3 is 0 Å². The van der Waals surface area contributed by atoms with Crippen LogP contribution < -0.4 is 0 Å². The molecule has 0 aromatic carbocycles. The number of hydrogen-bond acceptors (Lipinski definition) is 2. The molecule has 0 bridgehead atoms. The Morgan fingerprint density at radius 3 is 2.31 bits per heavy atom. The first kappa shape index (κ1) is 13.5. The molecule has 0 saturated carbocycles. The van der Waals surface area contributed by atoms with E-state index in [1.807, 2.05) is 0 Å². The quantitative estimate of drug-likeness (QED) is 0.682.